The number of aryl methyl sites for hydroxylation is 2. The Morgan fingerprint density at radius 3 is 2.39 bits per heavy atom. The second-order valence-electron chi connectivity index (χ2n) is 8.33. The van der Waals surface area contributed by atoms with Gasteiger partial charge >= 0.3 is 0 Å². The molecule has 174 valence electrons. The molecule has 0 fully saturated rings. The number of rotatable bonds is 8. The van der Waals surface area contributed by atoms with Crippen molar-refractivity contribution in [2.24, 2.45) is 11.7 Å². The van der Waals surface area contributed by atoms with Gasteiger partial charge in [-0.15, -0.1) is 0 Å². The molecule has 3 aromatic rings. The van der Waals surface area contributed by atoms with Gasteiger partial charge in [0.2, 0.25) is 0 Å². The second kappa shape index (κ2) is 9.85. The lowest BCUT2D eigenvalue weighted by Gasteiger charge is -2.15. The largest absolute Gasteiger partial charge is 0.492 e. The Labute approximate surface area is 199 Å². The molecule has 0 heterocycles. The summed E-state index contributed by atoms with van der Waals surface area (Å²) in [5.74, 6) is 0.0921. The van der Waals surface area contributed by atoms with Crippen molar-refractivity contribution in [2.45, 2.75) is 32.6 Å². The van der Waals surface area contributed by atoms with Gasteiger partial charge in [-0.25, -0.2) is 8.42 Å². The van der Waals surface area contributed by atoms with Crippen LogP contribution in [0.1, 0.15) is 35.3 Å². The normalized spacial score (nSPS) is 11.5. The van der Waals surface area contributed by atoms with Crippen LogP contribution in [0.2, 0.25) is 5.02 Å². The average molecular weight is 487 g/mol. The van der Waals surface area contributed by atoms with Gasteiger partial charge < -0.3 is 10.5 Å². The molecule has 1 amide bonds. The predicted octanol–water partition coefficient (Wildman–Crippen LogP) is 5.56. The van der Waals surface area contributed by atoms with Gasteiger partial charge in [-0.3, -0.25) is 9.52 Å². The molecule has 33 heavy (non-hydrogen) atoms. The third kappa shape index (κ3) is 5.86. The van der Waals surface area contributed by atoms with E-state index in [4.69, 9.17) is 22.1 Å². The van der Waals surface area contributed by atoms with Crippen LogP contribution >= 0.6 is 11.6 Å². The standard InChI is InChI=1S/C25H27ClN2O4S/c1-15(2)14-32-23-13-19(8-9-21(23)25(27)29)18-6-5-7-20(12-18)28-33(30,31)24-11-16(3)22(26)10-17(24)4/h5-13,15,28H,14H2,1-4H3,(H2,27,29). The highest BCUT2D eigenvalue weighted by molar-refractivity contribution is 7.92. The predicted molar refractivity (Wildman–Crippen MR) is 132 cm³/mol. The Morgan fingerprint density at radius 1 is 1.03 bits per heavy atom. The van der Waals surface area contributed by atoms with Crippen LogP contribution in [0, 0.1) is 19.8 Å². The van der Waals surface area contributed by atoms with Gasteiger partial charge in [0.15, 0.2) is 0 Å². The van der Waals surface area contributed by atoms with E-state index in [1.54, 1.807) is 62.4 Å². The first kappa shape index (κ1) is 24.6. The van der Waals surface area contributed by atoms with E-state index in [1.807, 2.05) is 19.9 Å². The molecule has 0 bridgehead atoms. The molecule has 3 rings (SSSR count). The number of carbonyl (C=O) groups excluding carboxylic acids is 1. The van der Waals surface area contributed by atoms with Crippen molar-refractivity contribution in [1.29, 1.82) is 0 Å². The Morgan fingerprint density at radius 2 is 1.73 bits per heavy atom. The number of carbonyl (C=O) groups is 1. The minimum atomic E-state index is -3.82. The van der Waals surface area contributed by atoms with E-state index >= 15 is 0 Å². The maximum Gasteiger partial charge on any atom is 0.262 e. The van der Waals surface area contributed by atoms with Crippen LogP contribution in [0.4, 0.5) is 5.69 Å². The Bertz CT molecular complexity index is 1300. The highest BCUT2D eigenvalue weighted by atomic mass is 35.5. The number of amides is 1. The average Bonchev–Trinajstić information content (AvgIpc) is 2.74. The van der Waals surface area contributed by atoms with E-state index < -0.39 is 15.9 Å². The Hall–Kier alpha value is -3.03. The third-order valence-electron chi connectivity index (χ3n) is 5.01. The van der Waals surface area contributed by atoms with Gasteiger partial charge in [0, 0.05) is 10.7 Å². The topological polar surface area (TPSA) is 98.5 Å². The fourth-order valence-electron chi connectivity index (χ4n) is 3.30. The zero-order chi connectivity index (χ0) is 24.3. The molecule has 0 aromatic heterocycles. The summed E-state index contributed by atoms with van der Waals surface area (Å²) >= 11 is 6.11. The second-order valence-corrected chi connectivity index (χ2v) is 10.4. The molecule has 8 heteroatoms. The summed E-state index contributed by atoms with van der Waals surface area (Å²) in [6.07, 6.45) is 0. The van der Waals surface area contributed by atoms with Crippen LogP contribution in [0.15, 0.2) is 59.5 Å². The first-order chi connectivity index (χ1) is 15.5. The van der Waals surface area contributed by atoms with Gasteiger partial charge in [0.05, 0.1) is 17.1 Å². The summed E-state index contributed by atoms with van der Waals surface area (Å²) in [4.78, 5) is 12.0. The lowest BCUT2D eigenvalue weighted by Crippen LogP contribution is -2.15. The molecule has 0 aliphatic carbocycles. The molecule has 0 saturated heterocycles. The van der Waals surface area contributed by atoms with Crippen molar-refractivity contribution >= 4 is 33.2 Å². The van der Waals surface area contributed by atoms with Crippen LogP contribution in [-0.2, 0) is 10.0 Å². The number of benzene rings is 3. The van der Waals surface area contributed by atoms with E-state index in [2.05, 4.69) is 4.72 Å². The molecule has 0 spiro atoms. The SMILES string of the molecule is Cc1cc(S(=O)(=O)Nc2cccc(-c3ccc(C(N)=O)c(OCC(C)C)c3)c2)c(C)cc1Cl. The van der Waals surface area contributed by atoms with Crippen LogP contribution in [0.3, 0.4) is 0 Å². The van der Waals surface area contributed by atoms with Crippen molar-refractivity contribution in [3.05, 3.63) is 76.3 Å². The van der Waals surface area contributed by atoms with Crippen LogP contribution < -0.4 is 15.2 Å². The maximum atomic E-state index is 13.0. The number of hydrogen-bond acceptors (Lipinski definition) is 4. The molecular weight excluding hydrogens is 460 g/mol. The number of ether oxygens (including phenoxy) is 1. The number of nitrogens with one attached hydrogen (secondary N) is 1. The quantitative estimate of drug-likeness (QED) is 0.435. The van der Waals surface area contributed by atoms with Crippen molar-refractivity contribution in [1.82, 2.24) is 0 Å². The minimum Gasteiger partial charge on any atom is -0.492 e. The summed E-state index contributed by atoms with van der Waals surface area (Å²) in [5, 5.41) is 0.517. The fraction of sp³-hybridized carbons (Fsp3) is 0.240. The molecular formula is C25H27ClN2O4S. The minimum absolute atomic E-state index is 0.171. The number of primary amides is 1. The summed E-state index contributed by atoms with van der Waals surface area (Å²) in [6.45, 7) is 7.91. The molecule has 3 aromatic carbocycles. The first-order valence-electron chi connectivity index (χ1n) is 10.4. The van der Waals surface area contributed by atoms with Crippen molar-refractivity contribution < 1.29 is 17.9 Å². The zero-order valence-corrected chi connectivity index (χ0v) is 20.5. The molecule has 0 aliphatic rings. The van der Waals surface area contributed by atoms with Crippen molar-refractivity contribution in [3.63, 3.8) is 0 Å². The van der Waals surface area contributed by atoms with E-state index in [0.717, 1.165) is 11.1 Å². The molecule has 0 aliphatic heterocycles. The van der Waals surface area contributed by atoms with Crippen LogP contribution in [0.25, 0.3) is 11.1 Å². The van der Waals surface area contributed by atoms with Crippen LogP contribution in [0.5, 0.6) is 5.75 Å². The number of halogens is 1. The van der Waals surface area contributed by atoms with Gasteiger partial charge in [0.25, 0.3) is 15.9 Å². The molecule has 0 radical (unpaired) electrons. The van der Waals surface area contributed by atoms with Gasteiger partial charge in [-0.2, -0.15) is 0 Å². The maximum absolute atomic E-state index is 13.0. The van der Waals surface area contributed by atoms with Gasteiger partial charge in [-0.05, 0) is 78.4 Å². The number of anilines is 1. The first-order valence-corrected chi connectivity index (χ1v) is 12.3. The van der Waals surface area contributed by atoms with Crippen molar-refractivity contribution in [3.8, 4) is 16.9 Å². The monoisotopic (exact) mass is 486 g/mol. The Balaban J connectivity index is 1.95. The summed E-state index contributed by atoms with van der Waals surface area (Å²) in [5.41, 5.74) is 8.94. The van der Waals surface area contributed by atoms with E-state index in [1.165, 1.54) is 0 Å². The molecule has 3 N–H and O–H groups in total. The van der Waals surface area contributed by atoms with Gasteiger partial charge in [0.1, 0.15) is 5.75 Å². The number of sulfonamides is 1. The molecule has 0 saturated carbocycles. The van der Waals surface area contributed by atoms with Gasteiger partial charge in [-0.1, -0.05) is 43.6 Å². The third-order valence-corrected chi connectivity index (χ3v) is 6.94. The Kier molecular flexibility index (Phi) is 7.34. The summed E-state index contributed by atoms with van der Waals surface area (Å²) in [6, 6.07) is 15.3. The number of hydrogen-bond donors (Lipinski definition) is 2. The van der Waals surface area contributed by atoms with Crippen molar-refractivity contribution in [2.75, 3.05) is 11.3 Å². The fourth-order valence-corrected chi connectivity index (χ4v) is 4.88. The highest BCUT2D eigenvalue weighted by Gasteiger charge is 2.19. The summed E-state index contributed by atoms with van der Waals surface area (Å²) in [7, 11) is -3.82. The highest BCUT2D eigenvalue weighted by Crippen LogP contribution is 2.31. The van der Waals surface area contributed by atoms with E-state index in [-0.39, 0.29) is 10.8 Å². The number of nitrogens with two attached hydrogens (primary N) is 1. The molecule has 0 atom stereocenters. The lowest BCUT2D eigenvalue weighted by molar-refractivity contribution is 0.0995. The zero-order valence-electron chi connectivity index (χ0n) is 19.0. The lowest BCUT2D eigenvalue weighted by atomic mass is 10.0. The van der Waals surface area contributed by atoms with E-state index in [9.17, 15) is 13.2 Å². The molecule has 0 unspecified atom stereocenters. The van der Waals surface area contributed by atoms with E-state index in [0.29, 0.717) is 39.8 Å². The molecule has 6 nitrogen and oxygen atoms in total. The van der Waals surface area contributed by atoms with Crippen LogP contribution in [-0.4, -0.2) is 20.9 Å². The summed E-state index contributed by atoms with van der Waals surface area (Å²) < 4.78 is 34.5. The smallest absolute Gasteiger partial charge is 0.262 e.